The van der Waals surface area contributed by atoms with Crippen LogP contribution in [0.3, 0.4) is 0 Å². The first-order valence-corrected chi connectivity index (χ1v) is 9.45. The van der Waals surface area contributed by atoms with E-state index in [4.69, 9.17) is 4.74 Å². The van der Waals surface area contributed by atoms with Crippen molar-refractivity contribution >= 4 is 29.9 Å². The first-order chi connectivity index (χ1) is 12.2. The molecule has 0 saturated heterocycles. The molecule has 1 saturated carbocycles. The quantitative estimate of drug-likeness (QED) is 0.224. The lowest BCUT2D eigenvalue weighted by Crippen LogP contribution is -2.41. The number of aliphatic imine (C=N–C) groups is 1. The highest BCUT2D eigenvalue weighted by atomic mass is 127. The second-order valence-electron chi connectivity index (χ2n) is 6.98. The first kappa shape index (κ1) is 23.2. The van der Waals surface area contributed by atoms with Crippen LogP contribution in [-0.2, 0) is 11.3 Å². The molecule has 0 aromatic heterocycles. The van der Waals surface area contributed by atoms with E-state index in [0.29, 0.717) is 6.04 Å². The van der Waals surface area contributed by atoms with Crippen molar-refractivity contribution < 1.29 is 4.74 Å². The molecule has 26 heavy (non-hydrogen) atoms. The Hall–Kier alpha value is -0.860. The molecule has 1 atom stereocenters. The number of rotatable bonds is 11. The van der Waals surface area contributed by atoms with Crippen LogP contribution >= 0.6 is 24.0 Å². The van der Waals surface area contributed by atoms with E-state index in [1.165, 1.54) is 18.4 Å². The summed E-state index contributed by atoms with van der Waals surface area (Å²) < 4.78 is 5.63. The van der Waals surface area contributed by atoms with Crippen molar-refractivity contribution in [3.8, 4) is 0 Å². The van der Waals surface area contributed by atoms with Gasteiger partial charge in [0.25, 0.3) is 0 Å². The molecule has 5 nitrogen and oxygen atoms in total. The van der Waals surface area contributed by atoms with Gasteiger partial charge in [-0.2, -0.15) is 0 Å². The molecular formula is C20H35IN4O. The maximum atomic E-state index is 5.63. The zero-order chi connectivity index (χ0) is 17.9. The molecule has 0 bridgehead atoms. The summed E-state index contributed by atoms with van der Waals surface area (Å²) in [5.41, 5.74) is 1.36. The van der Waals surface area contributed by atoms with E-state index < -0.39 is 0 Å². The molecule has 1 unspecified atom stereocenters. The van der Waals surface area contributed by atoms with Crippen molar-refractivity contribution in [1.82, 2.24) is 15.5 Å². The predicted octanol–water partition coefficient (Wildman–Crippen LogP) is 3.11. The van der Waals surface area contributed by atoms with Crippen LogP contribution in [0, 0.1) is 5.92 Å². The van der Waals surface area contributed by atoms with E-state index >= 15 is 0 Å². The number of ether oxygens (including phenoxy) is 1. The van der Waals surface area contributed by atoms with Crippen LogP contribution in [0.1, 0.15) is 31.7 Å². The minimum absolute atomic E-state index is 0. The van der Waals surface area contributed by atoms with Crippen molar-refractivity contribution in [2.24, 2.45) is 10.9 Å². The maximum absolute atomic E-state index is 5.63. The van der Waals surface area contributed by atoms with Gasteiger partial charge in [-0.25, -0.2) is 0 Å². The van der Waals surface area contributed by atoms with Crippen molar-refractivity contribution in [2.75, 3.05) is 40.4 Å². The Morgan fingerprint density at radius 3 is 2.58 bits per heavy atom. The molecular weight excluding hydrogens is 439 g/mol. The van der Waals surface area contributed by atoms with Crippen LogP contribution in [0.2, 0.25) is 0 Å². The summed E-state index contributed by atoms with van der Waals surface area (Å²) in [5.74, 6) is 1.68. The van der Waals surface area contributed by atoms with E-state index in [1.54, 1.807) is 0 Å². The second kappa shape index (κ2) is 13.3. The lowest BCUT2D eigenvalue weighted by Gasteiger charge is -2.25. The normalized spacial score (nSPS) is 15.5. The molecule has 0 spiro atoms. The van der Waals surface area contributed by atoms with Gasteiger partial charge in [0.1, 0.15) is 0 Å². The van der Waals surface area contributed by atoms with Gasteiger partial charge in [-0.05, 0) is 44.7 Å². The lowest BCUT2D eigenvalue weighted by molar-refractivity contribution is 0.129. The minimum Gasteiger partial charge on any atom is -0.379 e. The van der Waals surface area contributed by atoms with Crippen molar-refractivity contribution in [2.45, 2.75) is 38.8 Å². The summed E-state index contributed by atoms with van der Waals surface area (Å²) in [7, 11) is 3.99. The van der Waals surface area contributed by atoms with Crippen molar-refractivity contribution in [3.63, 3.8) is 0 Å². The summed E-state index contributed by atoms with van der Waals surface area (Å²) in [6.45, 7) is 6.62. The highest BCUT2D eigenvalue weighted by Gasteiger charge is 2.20. The fraction of sp³-hybridized carbons (Fsp3) is 0.650. The Morgan fingerprint density at radius 2 is 1.92 bits per heavy atom. The summed E-state index contributed by atoms with van der Waals surface area (Å²) in [4.78, 5) is 6.66. The number of hydrogen-bond acceptors (Lipinski definition) is 3. The standard InChI is InChI=1S/C20H34N4O.HI/c1-17(24(3)15-18-7-5-4-6-8-18)11-12-22-20(21-2)23-13-14-25-16-19-9-10-19;/h4-8,17,19H,9-16H2,1-3H3,(H2,21,22,23);1H. The van der Waals surface area contributed by atoms with Gasteiger partial charge in [0, 0.05) is 39.3 Å². The molecule has 1 aliphatic rings. The Balaban J connectivity index is 0.00000338. The van der Waals surface area contributed by atoms with E-state index in [2.05, 4.69) is 64.8 Å². The SMILES string of the molecule is CN=C(NCCOCC1CC1)NCCC(C)N(C)Cc1ccccc1.I. The van der Waals surface area contributed by atoms with Gasteiger partial charge in [0.2, 0.25) is 0 Å². The highest BCUT2D eigenvalue weighted by molar-refractivity contribution is 14.0. The first-order valence-electron chi connectivity index (χ1n) is 9.45. The average Bonchev–Trinajstić information content (AvgIpc) is 3.45. The average molecular weight is 474 g/mol. The van der Waals surface area contributed by atoms with E-state index in [0.717, 1.165) is 51.1 Å². The Bertz CT molecular complexity index is 508. The fourth-order valence-corrected chi connectivity index (χ4v) is 2.64. The number of benzene rings is 1. The molecule has 0 amide bonds. The molecule has 1 aliphatic carbocycles. The Labute approximate surface area is 176 Å². The van der Waals surface area contributed by atoms with Gasteiger partial charge in [0.15, 0.2) is 5.96 Å². The number of nitrogens with zero attached hydrogens (tertiary/aromatic N) is 2. The summed E-state index contributed by atoms with van der Waals surface area (Å²) in [6, 6.07) is 11.1. The molecule has 0 aliphatic heterocycles. The van der Waals surface area contributed by atoms with Gasteiger partial charge < -0.3 is 15.4 Å². The van der Waals surface area contributed by atoms with Gasteiger partial charge in [-0.15, -0.1) is 24.0 Å². The smallest absolute Gasteiger partial charge is 0.191 e. The van der Waals surface area contributed by atoms with E-state index in [9.17, 15) is 0 Å². The van der Waals surface area contributed by atoms with Gasteiger partial charge in [-0.1, -0.05) is 30.3 Å². The van der Waals surface area contributed by atoms with Crippen LogP contribution in [0.15, 0.2) is 35.3 Å². The van der Waals surface area contributed by atoms with Crippen molar-refractivity contribution in [1.29, 1.82) is 0 Å². The van der Waals surface area contributed by atoms with Gasteiger partial charge in [-0.3, -0.25) is 9.89 Å². The molecule has 1 fully saturated rings. The topological polar surface area (TPSA) is 48.9 Å². The molecule has 148 valence electrons. The van der Waals surface area contributed by atoms with E-state index in [1.807, 2.05) is 7.05 Å². The molecule has 0 heterocycles. The minimum atomic E-state index is 0. The molecule has 0 radical (unpaired) electrons. The van der Waals surface area contributed by atoms with Crippen LogP contribution in [0.25, 0.3) is 0 Å². The summed E-state index contributed by atoms with van der Waals surface area (Å²) >= 11 is 0. The zero-order valence-electron chi connectivity index (χ0n) is 16.4. The molecule has 2 N–H and O–H groups in total. The van der Waals surface area contributed by atoms with E-state index in [-0.39, 0.29) is 24.0 Å². The number of guanidine groups is 1. The fourth-order valence-electron chi connectivity index (χ4n) is 2.64. The third-order valence-corrected chi connectivity index (χ3v) is 4.69. The maximum Gasteiger partial charge on any atom is 0.191 e. The summed E-state index contributed by atoms with van der Waals surface area (Å²) in [5, 5.41) is 6.69. The third-order valence-electron chi connectivity index (χ3n) is 4.69. The predicted molar refractivity (Wildman–Crippen MR) is 120 cm³/mol. The van der Waals surface area contributed by atoms with Crippen molar-refractivity contribution in [3.05, 3.63) is 35.9 Å². The molecule has 1 aromatic rings. The van der Waals surface area contributed by atoms with Crippen LogP contribution < -0.4 is 10.6 Å². The Morgan fingerprint density at radius 1 is 1.23 bits per heavy atom. The lowest BCUT2D eigenvalue weighted by atomic mass is 10.1. The highest BCUT2D eigenvalue weighted by Crippen LogP contribution is 2.28. The largest absolute Gasteiger partial charge is 0.379 e. The van der Waals surface area contributed by atoms with Crippen LogP contribution in [0.5, 0.6) is 0 Å². The number of nitrogens with one attached hydrogen (secondary N) is 2. The zero-order valence-corrected chi connectivity index (χ0v) is 18.7. The van der Waals surface area contributed by atoms with Crippen LogP contribution in [-0.4, -0.2) is 57.3 Å². The second-order valence-corrected chi connectivity index (χ2v) is 6.98. The summed E-state index contributed by atoms with van der Waals surface area (Å²) in [6.07, 6.45) is 3.75. The van der Waals surface area contributed by atoms with Crippen LogP contribution in [0.4, 0.5) is 0 Å². The van der Waals surface area contributed by atoms with Gasteiger partial charge >= 0.3 is 0 Å². The third kappa shape index (κ3) is 9.73. The Kier molecular flexibility index (Phi) is 11.9. The molecule has 6 heteroatoms. The van der Waals surface area contributed by atoms with Gasteiger partial charge in [0.05, 0.1) is 6.61 Å². The number of halogens is 1. The number of hydrogen-bond donors (Lipinski definition) is 2. The molecule has 2 rings (SSSR count). The monoisotopic (exact) mass is 474 g/mol. The molecule has 1 aromatic carbocycles.